The molecule has 0 aromatic heterocycles. The van der Waals surface area contributed by atoms with E-state index in [1.54, 1.807) is 0 Å². The van der Waals surface area contributed by atoms with Crippen molar-refractivity contribution in [2.75, 3.05) is 56.8 Å². The van der Waals surface area contributed by atoms with Crippen molar-refractivity contribution in [3.05, 3.63) is 61.9 Å². The molecule has 4 N–H and O–H groups in total. The monoisotopic (exact) mass is 888 g/mol. The Morgan fingerprint density at radius 2 is 1.54 bits per heavy atom. The lowest BCUT2D eigenvalue weighted by atomic mass is 9.93. The lowest BCUT2D eigenvalue weighted by molar-refractivity contribution is -0.193. The van der Waals surface area contributed by atoms with Gasteiger partial charge in [0.2, 0.25) is 0 Å². The Hall–Kier alpha value is -3.41. The van der Waals surface area contributed by atoms with Gasteiger partial charge in [0, 0.05) is 17.2 Å². The normalized spacial score (nSPS) is 14.2. The Morgan fingerprint density at radius 3 is 2.00 bits per heavy atom. The van der Waals surface area contributed by atoms with Crippen LogP contribution < -0.4 is 24.6 Å². The van der Waals surface area contributed by atoms with Gasteiger partial charge in [-0.15, -0.1) is 0 Å². The number of rotatable bonds is 14. The van der Waals surface area contributed by atoms with E-state index >= 15 is 0 Å². The van der Waals surface area contributed by atoms with Gasteiger partial charge in [-0.1, -0.05) is 54.6 Å². The lowest BCUT2D eigenvalue weighted by Crippen LogP contribution is -2.32. The van der Waals surface area contributed by atoms with Crippen LogP contribution in [0.3, 0.4) is 0 Å². The van der Waals surface area contributed by atoms with Gasteiger partial charge in [0.1, 0.15) is 24.7 Å². The van der Waals surface area contributed by atoms with Gasteiger partial charge in [-0.05, 0) is 61.2 Å². The smallest absolute Gasteiger partial charge is 0.344 e. The molecule has 1 heterocycles. The maximum atomic E-state index is 14.5. The Kier molecular flexibility index (Phi) is 22.6. The number of carbonyl (C=O) groups is 5. The zero-order chi connectivity index (χ0) is 42.7. The van der Waals surface area contributed by atoms with Gasteiger partial charge in [0.15, 0.2) is 12.4 Å². The van der Waals surface area contributed by atoms with Gasteiger partial charge in [-0.25, -0.2) is 18.9 Å². The van der Waals surface area contributed by atoms with Crippen molar-refractivity contribution in [1.29, 1.82) is 0 Å². The Balaban J connectivity index is 0.000000477. The molecule has 0 bridgehead atoms. The second kappa shape index (κ2) is 25.1. The number of aliphatic carboxylic acids is 1. The molecule has 2 aromatic rings. The number of anilines is 1. The molecule has 2 amide bonds. The minimum atomic E-state index is -4.35. The van der Waals surface area contributed by atoms with Crippen LogP contribution in [0.2, 0.25) is 15.1 Å². The number of aromatic carboxylic acids is 1. The molecule has 0 saturated heterocycles. The van der Waals surface area contributed by atoms with E-state index in [1.807, 2.05) is 12.2 Å². The fourth-order valence-electron chi connectivity index (χ4n) is 4.71. The molecule has 1 unspecified atom stereocenters. The highest BCUT2D eigenvalue weighted by molar-refractivity contribution is 7.94. The van der Waals surface area contributed by atoms with Crippen molar-refractivity contribution >= 4 is 88.7 Å². The van der Waals surface area contributed by atoms with Gasteiger partial charge in [-0.2, -0.15) is 0 Å². The number of carboxylic acids is 2. The van der Waals surface area contributed by atoms with E-state index in [9.17, 15) is 37.8 Å². The number of hydrogen-bond donors (Lipinski definition) is 4. The van der Waals surface area contributed by atoms with Gasteiger partial charge in [0.25, 0.3) is 11.8 Å². The van der Waals surface area contributed by atoms with E-state index in [0.717, 1.165) is 43.1 Å². The average Bonchev–Trinajstić information content (AvgIpc) is 3.35. The predicted octanol–water partition coefficient (Wildman–Crippen LogP) is 5.69. The summed E-state index contributed by atoms with van der Waals surface area (Å²) < 4.78 is 39.7. The maximum Gasteiger partial charge on any atom is 0.344 e. The Bertz CT molecular complexity index is 1760. The average molecular weight is 890 g/mol. The van der Waals surface area contributed by atoms with Crippen molar-refractivity contribution in [3.63, 3.8) is 0 Å². The minimum absolute atomic E-state index is 0.000883. The van der Waals surface area contributed by atoms with Crippen LogP contribution in [0.25, 0.3) is 0 Å². The number of methoxy groups -OCH3 is 1. The maximum absolute atomic E-state index is 14.5. The molecule has 1 aliphatic heterocycles. The van der Waals surface area contributed by atoms with Gasteiger partial charge >= 0.3 is 17.9 Å². The summed E-state index contributed by atoms with van der Waals surface area (Å²) in [5.74, 6) is -4.66. The second-order valence-electron chi connectivity index (χ2n) is 12.1. The van der Waals surface area contributed by atoms with Crippen LogP contribution in [0.4, 0.5) is 10.1 Å². The number of imide groups is 1. The van der Waals surface area contributed by atoms with Gasteiger partial charge in [-0.3, -0.25) is 19.7 Å². The van der Waals surface area contributed by atoms with Crippen molar-refractivity contribution in [3.8, 4) is 11.5 Å². The molecule has 2 aliphatic rings. The van der Waals surface area contributed by atoms with E-state index in [4.69, 9.17) is 64.1 Å². The first-order valence-corrected chi connectivity index (χ1v) is 22.1. The molecular formula is C35H45Cl3FN2O13PS. The summed E-state index contributed by atoms with van der Waals surface area (Å²) >= 11 is 17.4. The number of carboxylic acid groups (broad SMARTS) is 2. The van der Waals surface area contributed by atoms with Crippen LogP contribution in [0.15, 0.2) is 35.4 Å². The topological polar surface area (TPSA) is 229 Å². The van der Waals surface area contributed by atoms with Crippen molar-refractivity contribution in [2.24, 2.45) is 0 Å². The molecule has 0 spiro atoms. The first-order valence-electron chi connectivity index (χ1n) is 16.7. The molecule has 4 rings (SSSR count). The molecule has 1 aliphatic carbocycles. The Labute approximate surface area is 341 Å². The fourth-order valence-corrected chi connectivity index (χ4v) is 5.77. The highest BCUT2D eigenvalue weighted by Gasteiger charge is 2.41. The summed E-state index contributed by atoms with van der Waals surface area (Å²) in [7, 11) is -2.37. The molecular weight excluding hydrogens is 845 g/mol. The first-order chi connectivity index (χ1) is 26.2. The molecule has 0 radical (unpaired) electrons. The molecule has 0 saturated carbocycles. The summed E-state index contributed by atoms with van der Waals surface area (Å²) in [6, 6.07) is 5.04. The fraction of sp³-hybridized carbons (Fsp3) is 0.457. The van der Waals surface area contributed by atoms with Crippen LogP contribution in [0.5, 0.6) is 11.5 Å². The molecule has 1 atom stereocenters. The van der Waals surface area contributed by atoms with E-state index in [0.29, 0.717) is 41.5 Å². The molecule has 0 fully saturated rings. The van der Waals surface area contributed by atoms with Crippen LogP contribution in [-0.4, -0.2) is 96.8 Å². The number of halogens is 4. The van der Waals surface area contributed by atoms with E-state index in [-0.39, 0.29) is 37.8 Å². The third-order valence-electron chi connectivity index (χ3n) is 7.05. The zero-order valence-corrected chi connectivity index (χ0v) is 35.3. The molecule has 21 heteroatoms. The van der Waals surface area contributed by atoms with E-state index in [1.165, 1.54) is 25.3 Å². The summed E-state index contributed by atoms with van der Waals surface area (Å²) in [4.78, 5) is 76.4. The number of benzene rings is 2. The molecule has 2 aromatic carbocycles. The molecule has 56 heavy (non-hydrogen) atoms. The summed E-state index contributed by atoms with van der Waals surface area (Å²) in [6.07, 6.45) is 11.3. The van der Waals surface area contributed by atoms with Crippen molar-refractivity contribution < 1.29 is 67.1 Å². The number of ether oxygens (including phenoxy) is 3. The zero-order valence-electron chi connectivity index (χ0n) is 31.3. The highest BCUT2D eigenvalue weighted by Crippen LogP contribution is 2.39. The molecule has 312 valence electrons. The third-order valence-corrected chi connectivity index (χ3v) is 8.58. The largest absolute Gasteiger partial charge is 0.778 e. The number of esters is 1. The van der Waals surface area contributed by atoms with E-state index < -0.39 is 62.6 Å². The van der Waals surface area contributed by atoms with Crippen molar-refractivity contribution in [2.45, 2.75) is 51.9 Å². The Morgan fingerprint density at radius 1 is 0.982 bits per heavy atom. The van der Waals surface area contributed by atoms with Gasteiger partial charge in [0.05, 0.1) is 66.1 Å². The SMILES string of the molecule is CCCCCOC(=O)COc1cc(N2C(=O)C3=C(CCCC3)C2=O)c(F)cc1Cl.COc1c(Cl)ccc(Cl)c1C(=O)O.C[S+](C)C.O=C(O)CNCP(=O)([O-])O. The highest BCUT2D eigenvalue weighted by atomic mass is 35.5. The second-order valence-corrected chi connectivity index (χ2v) is 17.4. The first kappa shape index (κ1) is 50.6. The van der Waals surface area contributed by atoms with E-state index in [2.05, 4.69) is 18.8 Å². The third kappa shape index (κ3) is 17.4. The van der Waals surface area contributed by atoms with Crippen LogP contribution in [0.1, 0.15) is 62.2 Å². The number of nitrogens with one attached hydrogen (secondary N) is 1. The number of carbonyl (C=O) groups excluding carboxylic acids is 3. The number of unbranched alkanes of at least 4 members (excludes halogenated alkanes) is 2. The number of nitrogens with zero attached hydrogens (tertiary/aromatic N) is 1. The van der Waals surface area contributed by atoms with Crippen LogP contribution in [-0.2, 0) is 39.4 Å². The minimum Gasteiger partial charge on any atom is -0.778 e. The predicted molar refractivity (Wildman–Crippen MR) is 211 cm³/mol. The summed E-state index contributed by atoms with van der Waals surface area (Å²) in [5, 5.41) is 19.0. The summed E-state index contributed by atoms with van der Waals surface area (Å²) in [6.45, 7) is 1.45. The standard InChI is InChI=1S/C21H23ClFNO5.C8H6Cl2O3.C3H8NO5P.C3H9S/c1-2-3-6-9-28-19(25)12-29-18-11-17(16(23)10-15(18)22)24-20(26)13-7-4-5-8-14(13)21(24)27;1-13-7-5(10)3-2-4(9)6(7)8(11)12;5-3(6)1-4-2-10(7,8)9;1-4(2)3/h10-11H,2-9,12H2,1H3;2-3H,1H3,(H,11,12);4H,1-2H2,(H,5,6)(H2,7,8,9);1-3H3/q;;;+1/p-1. The van der Waals surface area contributed by atoms with Crippen LogP contribution >= 0.6 is 42.4 Å². The summed E-state index contributed by atoms with van der Waals surface area (Å²) in [5.41, 5.74) is 0.559. The molecule has 15 nitrogen and oxygen atoms in total. The van der Waals surface area contributed by atoms with Crippen molar-refractivity contribution in [1.82, 2.24) is 5.32 Å². The lowest BCUT2D eigenvalue weighted by Gasteiger charge is -2.18. The van der Waals surface area contributed by atoms with Crippen LogP contribution in [0, 0.1) is 5.82 Å². The number of amides is 2. The van der Waals surface area contributed by atoms with Gasteiger partial charge < -0.3 is 38.8 Å². The quantitative estimate of drug-likeness (QED) is 0.0587. The number of hydrogen-bond acceptors (Lipinski definition) is 11.